The minimum atomic E-state index is -2.91. The zero-order valence-corrected chi connectivity index (χ0v) is 15.3. The van der Waals surface area contributed by atoms with Gasteiger partial charge in [-0.25, -0.2) is 0 Å². The van der Waals surface area contributed by atoms with E-state index >= 15 is 0 Å². The van der Waals surface area contributed by atoms with Gasteiger partial charge in [-0.15, -0.1) is 10.1 Å². The second-order valence-corrected chi connectivity index (χ2v) is 13.5. The van der Waals surface area contributed by atoms with Crippen molar-refractivity contribution in [3.8, 4) is 0 Å². The van der Waals surface area contributed by atoms with Crippen molar-refractivity contribution in [2.75, 3.05) is 11.5 Å². The average molecular weight is 468 g/mol. The molecule has 20 heavy (non-hydrogen) atoms. The van der Waals surface area contributed by atoms with Crippen LogP contribution in [0.15, 0.2) is 0 Å². The summed E-state index contributed by atoms with van der Waals surface area (Å²) in [6, 6.07) is 0. The number of thiol groups is 1. The maximum atomic E-state index is 9.83. The fraction of sp³-hybridized carbons (Fsp3) is 1.00. The van der Waals surface area contributed by atoms with Crippen LogP contribution >= 0.6 is 17.9 Å². The summed E-state index contributed by atoms with van der Waals surface area (Å²) in [6.07, 6.45) is 12.4. The van der Waals surface area contributed by atoms with Gasteiger partial charge in [0.15, 0.2) is 5.69 Å². The zero-order chi connectivity index (χ0) is 14.6. The van der Waals surface area contributed by atoms with Gasteiger partial charge in [-0.2, -0.15) is 0 Å². The Hall–Kier alpha value is 2.62. The summed E-state index contributed by atoms with van der Waals surface area (Å²) in [4.78, 5) is 19.7. The SMILES string of the molecule is CCCCCCCS(CCCCCCC)=P(O)(O)S.[BaH2]. The van der Waals surface area contributed by atoms with Crippen molar-refractivity contribution in [2.24, 2.45) is 0 Å². The summed E-state index contributed by atoms with van der Waals surface area (Å²) in [5.41, 5.74) is -2.91. The predicted octanol–water partition coefficient (Wildman–Crippen LogP) is 4.22. The number of rotatable bonds is 12. The molecule has 0 atom stereocenters. The van der Waals surface area contributed by atoms with Crippen molar-refractivity contribution in [3.63, 3.8) is 0 Å². The molecule has 0 fully saturated rings. The van der Waals surface area contributed by atoms with Crippen LogP contribution in [0.25, 0.3) is 0 Å². The second-order valence-electron chi connectivity index (χ2n) is 5.21. The molecule has 0 aliphatic heterocycles. The standard InChI is InChI=1S/C14H33O2PS2.Ba.2H/c1-3-5-7-9-11-13-19(17(15,16)18)14-12-10-8-6-4-2;;;/h15-16,18H,3-14H2,1-2H3;;;. The molecule has 0 spiro atoms. The van der Waals surface area contributed by atoms with E-state index in [1.54, 1.807) is 0 Å². The van der Waals surface area contributed by atoms with Gasteiger partial charge >= 0.3 is 48.9 Å². The molecule has 0 aliphatic carbocycles. The van der Waals surface area contributed by atoms with E-state index < -0.39 is 5.69 Å². The van der Waals surface area contributed by atoms with E-state index in [-0.39, 0.29) is 59.0 Å². The Kier molecular flexibility index (Phi) is 20.5. The van der Waals surface area contributed by atoms with Crippen molar-refractivity contribution >= 4 is 76.9 Å². The molecule has 0 saturated heterocycles. The minimum absolute atomic E-state index is 0. The Balaban J connectivity index is 0. The van der Waals surface area contributed by atoms with Crippen molar-refractivity contribution in [1.82, 2.24) is 0 Å². The Morgan fingerprint density at radius 2 is 1.10 bits per heavy atom. The van der Waals surface area contributed by atoms with Crippen LogP contribution in [0.3, 0.4) is 0 Å². The van der Waals surface area contributed by atoms with Gasteiger partial charge in [0.1, 0.15) is 0 Å². The summed E-state index contributed by atoms with van der Waals surface area (Å²) in [5.74, 6) is 1.92. The van der Waals surface area contributed by atoms with Crippen LogP contribution in [-0.4, -0.2) is 70.2 Å². The van der Waals surface area contributed by atoms with Gasteiger partial charge in [0, 0.05) is 0 Å². The van der Waals surface area contributed by atoms with Gasteiger partial charge < -0.3 is 9.79 Å². The van der Waals surface area contributed by atoms with E-state index in [9.17, 15) is 9.79 Å². The fourth-order valence-corrected chi connectivity index (χ4v) is 7.57. The van der Waals surface area contributed by atoms with Gasteiger partial charge in [-0.3, -0.25) is 0 Å². The molecule has 122 valence electrons. The fourth-order valence-electron chi connectivity index (χ4n) is 2.09. The Labute approximate surface area is 174 Å². The molecule has 2 nitrogen and oxygen atoms in total. The van der Waals surface area contributed by atoms with E-state index in [2.05, 4.69) is 26.1 Å². The first kappa shape index (κ1) is 24.9. The summed E-state index contributed by atoms with van der Waals surface area (Å²) in [6.45, 7) is 4.43. The molecule has 0 heterocycles. The Bertz CT molecular complexity index is 246. The van der Waals surface area contributed by atoms with Crippen molar-refractivity contribution < 1.29 is 9.79 Å². The topological polar surface area (TPSA) is 40.5 Å². The average Bonchev–Trinajstić information content (AvgIpc) is 2.34. The van der Waals surface area contributed by atoms with Gasteiger partial charge in [-0.05, 0) is 24.3 Å². The van der Waals surface area contributed by atoms with E-state index in [0.717, 1.165) is 24.3 Å². The Morgan fingerprint density at radius 3 is 1.40 bits per heavy atom. The van der Waals surface area contributed by atoms with Crippen LogP contribution in [-0.2, 0) is 10.1 Å². The molecule has 0 radical (unpaired) electrons. The normalized spacial score (nSPS) is 11.7. The van der Waals surface area contributed by atoms with Crippen molar-refractivity contribution in [3.05, 3.63) is 0 Å². The number of hydrogen-bond donors (Lipinski definition) is 3. The molecule has 2 N–H and O–H groups in total. The molecule has 0 bridgehead atoms. The molecule has 0 aromatic rings. The van der Waals surface area contributed by atoms with Crippen LogP contribution < -0.4 is 0 Å². The summed E-state index contributed by atoms with van der Waals surface area (Å²) in [5, 5.41) is 0. The predicted molar refractivity (Wildman–Crippen MR) is 104 cm³/mol. The molecule has 0 aromatic carbocycles. The first-order valence-corrected chi connectivity index (χ1v) is 12.8. The first-order chi connectivity index (χ1) is 9.02. The third-order valence-corrected chi connectivity index (χ3v) is 10.8. The van der Waals surface area contributed by atoms with E-state index in [4.69, 9.17) is 0 Å². The van der Waals surface area contributed by atoms with Gasteiger partial charge in [0.05, 0.1) is 0 Å². The first-order valence-electron chi connectivity index (χ1n) is 7.77. The molecule has 6 heteroatoms. The van der Waals surface area contributed by atoms with Crippen LogP contribution in [0.4, 0.5) is 0 Å². The van der Waals surface area contributed by atoms with Crippen molar-refractivity contribution in [1.29, 1.82) is 0 Å². The van der Waals surface area contributed by atoms with Crippen LogP contribution in [0.5, 0.6) is 0 Å². The summed E-state index contributed by atoms with van der Waals surface area (Å²) in [7, 11) is -0.266. The molecule has 0 aromatic heterocycles. The van der Waals surface area contributed by atoms with E-state index in [1.807, 2.05) is 0 Å². The molecule has 0 aliphatic rings. The summed E-state index contributed by atoms with van der Waals surface area (Å²) < 4.78 is 0. The summed E-state index contributed by atoms with van der Waals surface area (Å²) >= 11 is 4.07. The number of hydrogen-bond acceptors (Lipinski definition) is 0. The second kappa shape index (κ2) is 16.5. The monoisotopic (exact) mass is 468 g/mol. The van der Waals surface area contributed by atoms with Crippen molar-refractivity contribution in [2.45, 2.75) is 78.1 Å². The van der Waals surface area contributed by atoms with Crippen LogP contribution in [0.1, 0.15) is 78.1 Å². The third-order valence-electron chi connectivity index (χ3n) is 3.31. The molecule has 0 amide bonds. The van der Waals surface area contributed by atoms with Crippen LogP contribution in [0.2, 0.25) is 0 Å². The molecule has 0 rings (SSSR count). The quantitative estimate of drug-likeness (QED) is 0.174. The maximum absolute atomic E-state index is 9.83. The molecule has 0 unspecified atom stereocenters. The molecule has 0 saturated carbocycles. The van der Waals surface area contributed by atoms with Gasteiger partial charge in [-0.1, -0.05) is 77.5 Å². The number of unbranched alkanes of at least 4 members (excludes halogenated alkanes) is 8. The Morgan fingerprint density at radius 1 is 0.750 bits per heavy atom. The van der Waals surface area contributed by atoms with Gasteiger partial charge in [0.2, 0.25) is 0 Å². The third kappa shape index (κ3) is 15.5. The molecular weight excluding hydrogens is 433 g/mol. The van der Waals surface area contributed by atoms with E-state index in [0.29, 0.717) is 0 Å². The van der Waals surface area contributed by atoms with Gasteiger partial charge in [0.25, 0.3) is 0 Å². The van der Waals surface area contributed by atoms with Crippen LogP contribution in [0, 0.1) is 0 Å². The van der Waals surface area contributed by atoms with E-state index in [1.165, 1.54) is 51.4 Å². The zero-order valence-electron chi connectivity index (χ0n) is 12.7. The molecular formula is C14H35BaO2PS2.